The summed E-state index contributed by atoms with van der Waals surface area (Å²) in [4.78, 5) is 0. The van der Waals surface area contributed by atoms with E-state index in [-0.39, 0.29) is 34.6 Å². The molecule has 5 saturated carbocycles. The van der Waals surface area contributed by atoms with Crippen molar-refractivity contribution < 1.29 is 14.9 Å². The van der Waals surface area contributed by atoms with Gasteiger partial charge in [-0.05, 0) is 103 Å². The van der Waals surface area contributed by atoms with E-state index >= 15 is 0 Å². The van der Waals surface area contributed by atoms with Crippen LogP contribution in [0.15, 0.2) is 12.7 Å². The molecular weight excluding hydrogens is 396 g/mol. The molecule has 0 heterocycles. The van der Waals surface area contributed by atoms with Crippen molar-refractivity contribution in [1.29, 1.82) is 0 Å². The fourth-order valence-electron chi connectivity index (χ4n) is 11.1. The fourth-order valence-corrected chi connectivity index (χ4v) is 11.1. The lowest BCUT2D eigenvalue weighted by Gasteiger charge is -2.63. The summed E-state index contributed by atoms with van der Waals surface area (Å²) in [6.07, 6.45) is 12.2. The monoisotopic (exact) mass is 444 g/mol. The number of ether oxygens (including phenoxy) is 1. The Bertz CT molecular complexity index is 776. The molecule has 2 spiro atoms. The van der Waals surface area contributed by atoms with Gasteiger partial charge in [-0.15, -0.1) is 6.58 Å². The molecule has 0 aromatic rings. The second-order valence-electron chi connectivity index (χ2n) is 13.8. The molecule has 5 aliphatic rings. The Morgan fingerprint density at radius 3 is 2.28 bits per heavy atom. The van der Waals surface area contributed by atoms with Crippen LogP contribution in [0.25, 0.3) is 0 Å². The van der Waals surface area contributed by atoms with Crippen LogP contribution in [-0.2, 0) is 4.74 Å². The van der Waals surface area contributed by atoms with Gasteiger partial charge in [-0.1, -0.05) is 40.7 Å². The fraction of sp³-hybridized carbons (Fsp3) is 0.931. The molecule has 32 heavy (non-hydrogen) atoms. The Hall–Kier alpha value is -0.380. The minimum absolute atomic E-state index is 0.00436. The van der Waals surface area contributed by atoms with Crippen LogP contribution in [0.2, 0.25) is 0 Å². The number of aliphatic hydroxyl groups is 2. The van der Waals surface area contributed by atoms with Crippen LogP contribution in [0.5, 0.6) is 0 Å². The largest absolute Gasteiger partial charge is 0.393 e. The van der Waals surface area contributed by atoms with Gasteiger partial charge in [0.2, 0.25) is 0 Å². The first-order valence-corrected chi connectivity index (χ1v) is 13.5. The molecule has 6 unspecified atom stereocenters. The van der Waals surface area contributed by atoms with Crippen molar-refractivity contribution in [3.63, 3.8) is 0 Å². The van der Waals surface area contributed by atoms with E-state index in [1.54, 1.807) is 7.11 Å². The van der Waals surface area contributed by atoms with Crippen molar-refractivity contribution in [2.45, 2.75) is 111 Å². The van der Waals surface area contributed by atoms with Gasteiger partial charge >= 0.3 is 0 Å². The van der Waals surface area contributed by atoms with Gasteiger partial charge in [0.15, 0.2) is 0 Å². The molecule has 2 N–H and O–H groups in total. The molecule has 0 bridgehead atoms. The zero-order chi connectivity index (χ0) is 23.3. The first-order valence-electron chi connectivity index (χ1n) is 13.5. The van der Waals surface area contributed by atoms with E-state index in [0.717, 1.165) is 19.3 Å². The van der Waals surface area contributed by atoms with E-state index < -0.39 is 0 Å². The minimum Gasteiger partial charge on any atom is -0.393 e. The van der Waals surface area contributed by atoms with E-state index in [2.05, 4.69) is 41.2 Å². The highest BCUT2D eigenvalue weighted by molar-refractivity contribution is 5.31. The topological polar surface area (TPSA) is 49.7 Å². The quantitative estimate of drug-likeness (QED) is 0.513. The van der Waals surface area contributed by atoms with E-state index in [9.17, 15) is 10.2 Å². The molecule has 5 rings (SSSR count). The van der Waals surface area contributed by atoms with Crippen molar-refractivity contribution in [2.24, 2.45) is 50.7 Å². The number of methoxy groups -OCH3 is 1. The summed E-state index contributed by atoms with van der Waals surface area (Å²) in [6.45, 7) is 16.0. The van der Waals surface area contributed by atoms with Crippen molar-refractivity contribution in [2.75, 3.05) is 7.11 Å². The maximum atomic E-state index is 11.7. The van der Waals surface area contributed by atoms with Crippen molar-refractivity contribution >= 4 is 0 Å². The Morgan fingerprint density at radius 1 is 0.969 bits per heavy atom. The van der Waals surface area contributed by atoms with E-state index in [1.165, 1.54) is 38.5 Å². The van der Waals surface area contributed by atoms with Crippen molar-refractivity contribution in [3.05, 3.63) is 12.7 Å². The van der Waals surface area contributed by atoms with E-state index in [4.69, 9.17) is 4.74 Å². The Kier molecular flexibility index (Phi) is 5.17. The molecule has 0 aromatic carbocycles. The molecule has 0 radical (unpaired) electrons. The predicted octanol–water partition coefficient (Wildman–Crippen LogP) is 5.98. The van der Waals surface area contributed by atoms with Crippen LogP contribution in [0.4, 0.5) is 0 Å². The lowest BCUT2D eigenvalue weighted by atomic mass is 9.41. The first kappa shape index (κ1) is 23.4. The highest BCUT2D eigenvalue weighted by Crippen LogP contribution is 2.89. The molecule has 3 nitrogen and oxygen atoms in total. The summed E-state index contributed by atoms with van der Waals surface area (Å²) < 4.78 is 5.64. The zero-order valence-electron chi connectivity index (χ0n) is 21.5. The molecule has 0 aromatic heterocycles. The second kappa shape index (κ2) is 7.08. The van der Waals surface area contributed by atoms with Gasteiger partial charge in [-0.25, -0.2) is 0 Å². The average molecular weight is 445 g/mol. The van der Waals surface area contributed by atoms with E-state index in [0.29, 0.717) is 34.5 Å². The smallest absolute Gasteiger partial charge is 0.0752 e. The molecule has 0 amide bonds. The van der Waals surface area contributed by atoms with Crippen molar-refractivity contribution in [3.8, 4) is 0 Å². The van der Waals surface area contributed by atoms with E-state index in [1.807, 2.05) is 6.08 Å². The van der Waals surface area contributed by atoms with Crippen LogP contribution < -0.4 is 0 Å². The molecule has 11 atom stereocenters. The summed E-state index contributed by atoms with van der Waals surface area (Å²) in [5.41, 5.74) is 1.05. The maximum absolute atomic E-state index is 11.7. The molecule has 5 fully saturated rings. The zero-order valence-corrected chi connectivity index (χ0v) is 21.5. The third-order valence-electron chi connectivity index (χ3n) is 13.1. The standard InChI is InChI=1S/C29H48O3/c1-8-19(32-7)15-18(2)20-16-24(31)27(6)22-10-9-21-25(3,4)23(30)11-12-28(21)17-29(22,28)14-13-26(20,27)5/h8,18-24,30-31H,1,9-17H2,2-7H3/t18-,19?,20-,21+,22?,23?,24+,26?,27-,28?,29?/m1/s1. The Morgan fingerprint density at radius 2 is 1.62 bits per heavy atom. The average Bonchev–Trinajstić information content (AvgIpc) is 3.37. The lowest BCUT2D eigenvalue weighted by molar-refractivity contribution is -0.182. The number of hydrogen-bond acceptors (Lipinski definition) is 3. The third-order valence-corrected chi connectivity index (χ3v) is 13.1. The second-order valence-corrected chi connectivity index (χ2v) is 13.8. The summed E-state index contributed by atoms with van der Waals surface area (Å²) >= 11 is 0. The van der Waals surface area contributed by atoms with Gasteiger partial charge in [0, 0.05) is 12.5 Å². The van der Waals surface area contributed by atoms with Crippen molar-refractivity contribution in [1.82, 2.24) is 0 Å². The minimum atomic E-state index is -0.205. The SMILES string of the molecule is C=CC(C[C@@H](C)[C@H]1C[C@H](O)[C@@]2(C)C3CC[C@H]4C(C)(C)C(O)CCC45CC35CCC12C)OC. The number of fused-ring (bicyclic) bond motifs is 2. The van der Waals surface area contributed by atoms with Crippen LogP contribution in [0, 0.1) is 50.7 Å². The highest BCUT2D eigenvalue weighted by Gasteiger charge is 2.83. The number of rotatable bonds is 5. The predicted molar refractivity (Wildman–Crippen MR) is 129 cm³/mol. The summed E-state index contributed by atoms with van der Waals surface area (Å²) in [5, 5.41) is 22.6. The highest BCUT2D eigenvalue weighted by atomic mass is 16.5. The van der Waals surface area contributed by atoms with Crippen LogP contribution in [0.1, 0.15) is 92.4 Å². The molecule has 5 aliphatic carbocycles. The van der Waals surface area contributed by atoms with Gasteiger partial charge in [0.1, 0.15) is 0 Å². The first-order chi connectivity index (χ1) is 14.9. The molecule has 182 valence electrons. The maximum Gasteiger partial charge on any atom is 0.0752 e. The van der Waals surface area contributed by atoms with Gasteiger partial charge in [0.25, 0.3) is 0 Å². The van der Waals surface area contributed by atoms with Gasteiger partial charge in [-0.2, -0.15) is 0 Å². The summed E-state index contributed by atoms with van der Waals surface area (Å²) in [7, 11) is 1.78. The third kappa shape index (κ3) is 2.55. The van der Waals surface area contributed by atoms with Crippen LogP contribution >= 0.6 is 0 Å². The lowest BCUT2D eigenvalue weighted by Crippen LogP contribution is -2.59. The summed E-state index contributed by atoms with van der Waals surface area (Å²) in [5.74, 6) is 2.32. The Balaban J connectivity index is 1.47. The number of aliphatic hydroxyl groups excluding tert-OH is 2. The number of hydrogen-bond donors (Lipinski definition) is 2. The molecular formula is C29H48O3. The van der Waals surface area contributed by atoms with Crippen LogP contribution in [-0.4, -0.2) is 35.6 Å². The molecule has 0 saturated heterocycles. The normalized spacial score (nSPS) is 55.1. The molecule has 0 aliphatic heterocycles. The van der Waals surface area contributed by atoms with Gasteiger partial charge in [-0.3, -0.25) is 0 Å². The summed E-state index contributed by atoms with van der Waals surface area (Å²) in [6, 6.07) is 0. The van der Waals surface area contributed by atoms with Gasteiger partial charge < -0.3 is 14.9 Å². The Labute approximate surface area is 196 Å². The molecule has 3 heteroatoms. The van der Waals surface area contributed by atoms with Gasteiger partial charge in [0.05, 0.1) is 18.3 Å². The van der Waals surface area contributed by atoms with Crippen LogP contribution in [0.3, 0.4) is 0 Å².